The summed E-state index contributed by atoms with van der Waals surface area (Å²) in [6.07, 6.45) is 1.78. The molecule has 2 aliphatic rings. The molecule has 11 nitrogen and oxygen atoms in total. The highest BCUT2D eigenvalue weighted by molar-refractivity contribution is 7.92. The molecule has 1 aliphatic carbocycles. The Bertz CT molecular complexity index is 1460. The van der Waals surface area contributed by atoms with Crippen LogP contribution in [0.1, 0.15) is 24.8 Å². The molecule has 1 saturated carbocycles. The van der Waals surface area contributed by atoms with Crippen LogP contribution >= 0.6 is 11.3 Å². The Labute approximate surface area is 231 Å². The van der Waals surface area contributed by atoms with Crippen molar-refractivity contribution in [1.82, 2.24) is 14.9 Å². The molecule has 3 heterocycles. The molecule has 1 amide bonds. The number of hydrogen-bond acceptors (Lipinski definition) is 11. The van der Waals surface area contributed by atoms with Crippen LogP contribution in [0, 0.1) is 0 Å². The van der Waals surface area contributed by atoms with Gasteiger partial charge in [-0.05, 0) is 51.2 Å². The van der Waals surface area contributed by atoms with Crippen LogP contribution in [-0.4, -0.2) is 93.7 Å². The van der Waals surface area contributed by atoms with Gasteiger partial charge in [-0.2, -0.15) is 0 Å². The van der Waals surface area contributed by atoms with Crippen molar-refractivity contribution in [3.63, 3.8) is 0 Å². The second-order valence-electron chi connectivity index (χ2n) is 9.99. The Morgan fingerprint density at radius 1 is 1.10 bits per heavy atom. The second kappa shape index (κ2) is 11.5. The number of aromatic nitrogens is 2. The molecule has 1 N–H and O–H groups in total. The number of pyridine rings is 1. The van der Waals surface area contributed by atoms with Gasteiger partial charge in [-0.3, -0.25) is 10.1 Å². The average Bonchev–Trinajstić information content (AvgIpc) is 3.52. The summed E-state index contributed by atoms with van der Waals surface area (Å²) in [5.41, 5.74) is 1.13. The van der Waals surface area contributed by atoms with E-state index in [4.69, 9.17) is 14.6 Å². The van der Waals surface area contributed by atoms with Gasteiger partial charge in [-0.15, -0.1) is 0 Å². The molecule has 1 aliphatic heterocycles. The Kier molecular flexibility index (Phi) is 8.12. The first-order chi connectivity index (χ1) is 18.7. The molecule has 1 atom stereocenters. The van der Waals surface area contributed by atoms with E-state index < -0.39 is 15.7 Å². The lowest BCUT2D eigenvalue weighted by atomic mass is 10.1. The van der Waals surface area contributed by atoms with Crippen LogP contribution in [0.25, 0.3) is 10.3 Å². The molecule has 0 spiro atoms. The zero-order valence-electron chi connectivity index (χ0n) is 22.2. The quantitative estimate of drug-likeness (QED) is 0.273. The van der Waals surface area contributed by atoms with Gasteiger partial charge in [0, 0.05) is 32.1 Å². The first kappa shape index (κ1) is 27.4. The smallest absolute Gasteiger partial charge is 0.280 e. The van der Waals surface area contributed by atoms with Crippen LogP contribution in [0.5, 0.6) is 0 Å². The van der Waals surface area contributed by atoms with Gasteiger partial charge in [-0.1, -0.05) is 28.6 Å². The standard InChI is InChI=1S/C26H32N6O5S2/c1-31(2)13-14-32(3)22-11-10-21-25(28-22)38-26(27-21)29-24(33)23(30-37-18-12-15-36-16-18)17-4-6-19(7-5-17)39(34,35)20-8-9-20/h4-7,10-11,18,20H,8-9,12-16H2,1-3H3,(H,27,29,33)/b30-23+/t18-/m1/s1. The molecule has 39 heavy (non-hydrogen) atoms. The lowest BCUT2D eigenvalue weighted by Crippen LogP contribution is -2.28. The number of carbonyl (C=O) groups is 1. The maximum absolute atomic E-state index is 13.4. The average molecular weight is 573 g/mol. The van der Waals surface area contributed by atoms with Crippen molar-refractivity contribution < 1.29 is 22.8 Å². The number of likely N-dealkylation sites (N-methyl/N-ethyl adjacent to an activating group) is 2. The van der Waals surface area contributed by atoms with Gasteiger partial charge in [0.25, 0.3) is 5.91 Å². The van der Waals surface area contributed by atoms with Crippen molar-refractivity contribution in [2.45, 2.75) is 35.5 Å². The molecule has 5 rings (SSSR count). The normalized spacial score (nSPS) is 18.1. The molecule has 0 radical (unpaired) electrons. The number of anilines is 2. The summed E-state index contributed by atoms with van der Waals surface area (Å²) in [4.78, 5) is 33.3. The molecule has 0 bridgehead atoms. The largest absolute Gasteiger partial charge is 0.389 e. The summed E-state index contributed by atoms with van der Waals surface area (Å²) >= 11 is 1.27. The van der Waals surface area contributed by atoms with Crippen molar-refractivity contribution in [3.8, 4) is 0 Å². The Morgan fingerprint density at radius 3 is 2.54 bits per heavy atom. The molecule has 0 unspecified atom stereocenters. The molecular formula is C26H32N6O5S2. The van der Waals surface area contributed by atoms with E-state index in [-0.39, 0.29) is 22.0 Å². The van der Waals surface area contributed by atoms with Gasteiger partial charge in [-0.25, -0.2) is 18.4 Å². The van der Waals surface area contributed by atoms with Crippen molar-refractivity contribution in [2.75, 3.05) is 57.7 Å². The second-order valence-corrected chi connectivity index (χ2v) is 13.2. The number of sulfone groups is 1. The van der Waals surface area contributed by atoms with Crippen LogP contribution in [-0.2, 0) is 24.2 Å². The topological polar surface area (TPSA) is 126 Å². The summed E-state index contributed by atoms with van der Waals surface area (Å²) in [6, 6.07) is 9.98. The van der Waals surface area contributed by atoms with Crippen molar-refractivity contribution in [3.05, 3.63) is 42.0 Å². The van der Waals surface area contributed by atoms with Gasteiger partial charge in [0.1, 0.15) is 16.2 Å². The zero-order chi connectivity index (χ0) is 27.6. The Hall–Kier alpha value is -3.13. The number of amides is 1. The van der Waals surface area contributed by atoms with Crippen molar-refractivity contribution in [2.24, 2.45) is 5.16 Å². The van der Waals surface area contributed by atoms with E-state index >= 15 is 0 Å². The zero-order valence-corrected chi connectivity index (χ0v) is 23.8. The number of carbonyl (C=O) groups excluding carboxylic acids is 1. The van der Waals surface area contributed by atoms with Crippen LogP contribution in [0.15, 0.2) is 46.4 Å². The number of nitrogens with zero attached hydrogens (tertiary/aromatic N) is 5. The predicted octanol–water partition coefficient (Wildman–Crippen LogP) is 2.77. The molecule has 1 aromatic carbocycles. The van der Waals surface area contributed by atoms with Crippen molar-refractivity contribution in [1.29, 1.82) is 0 Å². The SMILES string of the molecule is CN(C)CCN(C)c1ccc2nc(NC(=O)/C(=N/O[C@@H]3CCOC3)c3ccc(S(=O)(=O)C4CC4)cc3)sc2n1. The molecule has 2 fully saturated rings. The Balaban J connectivity index is 1.36. The monoisotopic (exact) mass is 572 g/mol. The third-order valence-corrected chi connectivity index (χ3v) is 9.71. The van der Waals surface area contributed by atoms with E-state index in [0.29, 0.717) is 53.5 Å². The highest BCUT2D eigenvalue weighted by Gasteiger charge is 2.36. The highest BCUT2D eigenvalue weighted by Crippen LogP contribution is 2.33. The minimum atomic E-state index is -3.34. The number of thiazole rings is 1. The van der Waals surface area contributed by atoms with E-state index in [1.165, 1.54) is 23.5 Å². The fourth-order valence-electron chi connectivity index (χ4n) is 4.02. The highest BCUT2D eigenvalue weighted by atomic mass is 32.2. The Morgan fingerprint density at radius 2 is 1.87 bits per heavy atom. The summed E-state index contributed by atoms with van der Waals surface area (Å²) < 4.78 is 30.5. The first-order valence-corrected chi connectivity index (χ1v) is 15.2. The van der Waals surface area contributed by atoms with E-state index in [1.54, 1.807) is 12.1 Å². The van der Waals surface area contributed by atoms with Crippen LogP contribution in [0.4, 0.5) is 10.9 Å². The van der Waals surface area contributed by atoms with E-state index in [1.807, 2.05) is 33.3 Å². The van der Waals surface area contributed by atoms with E-state index in [2.05, 4.69) is 25.3 Å². The van der Waals surface area contributed by atoms with Crippen molar-refractivity contribution >= 4 is 54.1 Å². The third kappa shape index (κ3) is 6.55. The van der Waals surface area contributed by atoms with Gasteiger partial charge in [0.2, 0.25) is 0 Å². The molecule has 3 aromatic rings. The maximum atomic E-state index is 13.4. The van der Waals surface area contributed by atoms with Crippen LogP contribution < -0.4 is 10.2 Å². The molecular weight excluding hydrogens is 540 g/mol. The minimum absolute atomic E-state index is 0.0218. The summed E-state index contributed by atoms with van der Waals surface area (Å²) in [5, 5.41) is 7.04. The number of rotatable bonds is 11. The van der Waals surface area contributed by atoms with Gasteiger partial charge in [0.05, 0.1) is 23.4 Å². The molecule has 1 saturated heterocycles. The minimum Gasteiger partial charge on any atom is -0.389 e. The number of benzene rings is 1. The molecule has 208 valence electrons. The fraction of sp³-hybridized carbons (Fsp3) is 0.462. The lowest BCUT2D eigenvalue weighted by molar-refractivity contribution is -0.110. The number of ether oxygens (including phenoxy) is 1. The number of fused-ring (bicyclic) bond motifs is 1. The van der Waals surface area contributed by atoms with Gasteiger partial charge >= 0.3 is 0 Å². The lowest BCUT2D eigenvalue weighted by Gasteiger charge is -2.20. The van der Waals surface area contributed by atoms with Crippen LogP contribution in [0.3, 0.4) is 0 Å². The summed E-state index contributed by atoms with van der Waals surface area (Å²) in [5.74, 6) is 0.302. The molecule has 2 aromatic heterocycles. The molecule has 13 heteroatoms. The fourth-order valence-corrected chi connectivity index (χ4v) is 6.50. The first-order valence-electron chi connectivity index (χ1n) is 12.8. The number of hydrogen-bond donors (Lipinski definition) is 1. The maximum Gasteiger partial charge on any atom is 0.280 e. The van der Waals surface area contributed by atoms with Crippen LogP contribution in [0.2, 0.25) is 0 Å². The van der Waals surface area contributed by atoms with E-state index in [9.17, 15) is 13.2 Å². The predicted molar refractivity (Wildman–Crippen MR) is 151 cm³/mol. The number of nitrogens with one attached hydrogen (secondary N) is 1. The van der Waals surface area contributed by atoms with Gasteiger partial charge in [0.15, 0.2) is 26.8 Å². The van der Waals surface area contributed by atoms with E-state index in [0.717, 1.165) is 18.9 Å². The third-order valence-electron chi connectivity index (χ3n) is 6.55. The number of oxime groups is 1. The van der Waals surface area contributed by atoms with Gasteiger partial charge < -0.3 is 19.4 Å². The summed E-state index contributed by atoms with van der Waals surface area (Å²) in [7, 11) is 2.69. The summed E-state index contributed by atoms with van der Waals surface area (Å²) in [6.45, 7) is 2.68.